The van der Waals surface area contributed by atoms with Crippen LogP contribution in [-0.2, 0) is 13.0 Å². The summed E-state index contributed by atoms with van der Waals surface area (Å²) < 4.78 is 1.40. The molecule has 0 radical (unpaired) electrons. The van der Waals surface area contributed by atoms with E-state index in [9.17, 15) is 0 Å². The third-order valence-corrected chi connectivity index (χ3v) is 4.41. The molecular weight excluding hydrogens is 188 g/mol. The Bertz CT molecular complexity index is 416. The number of nitrogens with zero attached hydrogens (tertiary/aromatic N) is 1. The molecule has 2 aromatic rings. The summed E-state index contributed by atoms with van der Waals surface area (Å²) in [6.45, 7) is 2.16. The average molecular weight is 196 g/mol. The van der Waals surface area contributed by atoms with E-state index < -0.39 is 0 Å². The fraction of sp³-hybridized carbons (Fsp3) is 0.375. The number of fused-ring (bicyclic) bond motifs is 3. The van der Waals surface area contributed by atoms with Crippen molar-refractivity contribution in [2.24, 2.45) is 0 Å². The molecule has 0 aromatic carbocycles. The molecular formula is C8H8N2S2. The largest absolute Gasteiger partial charge is 0.312 e. The van der Waals surface area contributed by atoms with Crippen LogP contribution in [0.5, 0.6) is 0 Å². The molecule has 3 heterocycles. The smallest absolute Gasteiger partial charge is 0.134 e. The second-order valence-corrected chi connectivity index (χ2v) is 4.86. The zero-order chi connectivity index (χ0) is 7.97. The first-order valence-corrected chi connectivity index (χ1v) is 5.69. The van der Waals surface area contributed by atoms with E-state index in [1.165, 1.54) is 21.5 Å². The van der Waals surface area contributed by atoms with Crippen molar-refractivity contribution in [2.45, 2.75) is 13.0 Å². The van der Waals surface area contributed by atoms with Crippen molar-refractivity contribution in [1.82, 2.24) is 10.3 Å². The Morgan fingerprint density at radius 2 is 2.50 bits per heavy atom. The van der Waals surface area contributed by atoms with Gasteiger partial charge in [0.05, 0.1) is 10.2 Å². The first kappa shape index (κ1) is 7.00. The van der Waals surface area contributed by atoms with E-state index in [1.807, 2.05) is 16.8 Å². The van der Waals surface area contributed by atoms with Gasteiger partial charge in [0.25, 0.3) is 0 Å². The van der Waals surface area contributed by atoms with Crippen molar-refractivity contribution in [3.63, 3.8) is 0 Å². The maximum atomic E-state index is 4.33. The number of hydrogen-bond donors (Lipinski definition) is 1. The molecule has 4 heteroatoms. The minimum atomic E-state index is 1.04. The quantitative estimate of drug-likeness (QED) is 0.697. The molecule has 62 valence electrons. The molecule has 0 bridgehead atoms. The van der Waals surface area contributed by atoms with Crippen molar-refractivity contribution in [2.75, 3.05) is 6.54 Å². The van der Waals surface area contributed by atoms with E-state index in [0.29, 0.717) is 0 Å². The molecule has 1 N–H and O–H groups in total. The van der Waals surface area contributed by atoms with Gasteiger partial charge in [0.2, 0.25) is 0 Å². The van der Waals surface area contributed by atoms with E-state index in [4.69, 9.17) is 0 Å². The minimum absolute atomic E-state index is 1.04. The first-order valence-electron chi connectivity index (χ1n) is 3.99. The summed E-state index contributed by atoms with van der Waals surface area (Å²) in [5.41, 5.74) is 3.44. The van der Waals surface area contributed by atoms with Crippen molar-refractivity contribution in [3.8, 4) is 0 Å². The summed E-state index contributed by atoms with van der Waals surface area (Å²) in [7, 11) is 0. The molecule has 2 aromatic heterocycles. The Morgan fingerprint density at radius 1 is 1.50 bits per heavy atom. The number of aromatic nitrogens is 1. The highest BCUT2D eigenvalue weighted by molar-refractivity contribution is 7.26. The van der Waals surface area contributed by atoms with Crippen LogP contribution in [-0.4, -0.2) is 11.5 Å². The summed E-state index contributed by atoms with van der Waals surface area (Å²) >= 11 is 3.63. The molecule has 3 rings (SSSR count). The fourth-order valence-corrected chi connectivity index (χ4v) is 3.82. The van der Waals surface area contributed by atoms with Crippen molar-refractivity contribution >= 4 is 32.2 Å². The Hall–Kier alpha value is -0.450. The van der Waals surface area contributed by atoms with Gasteiger partial charge in [0.1, 0.15) is 4.83 Å². The monoisotopic (exact) mass is 196 g/mol. The predicted molar refractivity (Wildman–Crippen MR) is 52.9 cm³/mol. The lowest BCUT2D eigenvalue weighted by Crippen LogP contribution is -2.21. The Balaban J connectivity index is 2.34. The van der Waals surface area contributed by atoms with Crippen LogP contribution in [0.1, 0.15) is 10.4 Å². The second kappa shape index (κ2) is 2.52. The molecule has 0 spiro atoms. The van der Waals surface area contributed by atoms with Gasteiger partial charge in [0, 0.05) is 18.0 Å². The van der Waals surface area contributed by atoms with E-state index in [2.05, 4.69) is 10.3 Å². The molecule has 12 heavy (non-hydrogen) atoms. The van der Waals surface area contributed by atoms with Gasteiger partial charge in [-0.15, -0.1) is 22.7 Å². The Morgan fingerprint density at radius 3 is 3.50 bits per heavy atom. The molecule has 1 aliphatic rings. The fourth-order valence-electron chi connectivity index (χ4n) is 1.61. The highest BCUT2D eigenvalue weighted by atomic mass is 32.1. The van der Waals surface area contributed by atoms with Gasteiger partial charge < -0.3 is 5.32 Å². The first-order chi connectivity index (χ1) is 5.95. The number of nitrogens with one attached hydrogen (secondary N) is 1. The lowest BCUT2D eigenvalue weighted by molar-refractivity contribution is 0.656. The van der Waals surface area contributed by atoms with Gasteiger partial charge in [-0.05, 0) is 12.0 Å². The van der Waals surface area contributed by atoms with Crippen LogP contribution >= 0.6 is 22.7 Å². The van der Waals surface area contributed by atoms with Crippen molar-refractivity contribution in [1.29, 1.82) is 0 Å². The highest BCUT2D eigenvalue weighted by Crippen LogP contribution is 2.34. The number of rotatable bonds is 0. The predicted octanol–water partition coefficient (Wildman–Crippen LogP) is 2.00. The van der Waals surface area contributed by atoms with Gasteiger partial charge in [-0.25, -0.2) is 4.98 Å². The van der Waals surface area contributed by atoms with Crippen molar-refractivity contribution < 1.29 is 0 Å². The van der Waals surface area contributed by atoms with Crippen molar-refractivity contribution in [3.05, 3.63) is 16.0 Å². The van der Waals surface area contributed by atoms with Crippen LogP contribution in [0.3, 0.4) is 0 Å². The van der Waals surface area contributed by atoms with Crippen LogP contribution < -0.4 is 5.32 Å². The van der Waals surface area contributed by atoms with Gasteiger partial charge in [-0.1, -0.05) is 0 Å². The Labute approximate surface area is 78.3 Å². The standard InChI is InChI=1S/C8H8N2S2/c1-2-9-3-5-6(1)12-8-7(5)11-4-10-8/h4,9H,1-3H2. The molecule has 0 atom stereocenters. The topological polar surface area (TPSA) is 24.9 Å². The maximum absolute atomic E-state index is 4.33. The lowest BCUT2D eigenvalue weighted by Gasteiger charge is -2.11. The second-order valence-electron chi connectivity index (χ2n) is 2.92. The summed E-state index contributed by atoms with van der Waals surface area (Å²) in [6.07, 6.45) is 1.18. The summed E-state index contributed by atoms with van der Waals surface area (Å²) in [6, 6.07) is 0. The third-order valence-electron chi connectivity index (χ3n) is 2.20. The van der Waals surface area contributed by atoms with E-state index in [0.717, 1.165) is 13.1 Å². The molecule has 0 saturated carbocycles. The van der Waals surface area contributed by atoms with Crippen LogP contribution in [0.2, 0.25) is 0 Å². The van der Waals surface area contributed by atoms with Gasteiger partial charge >= 0.3 is 0 Å². The van der Waals surface area contributed by atoms with Crippen LogP contribution in [0.15, 0.2) is 5.51 Å². The molecule has 0 unspecified atom stereocenters. The molecule has 0 aliphatic carbocycles. The summed E-state index contributed by atoms with van der Waals surface area (Å²) in [5, 5.41) is 3.39. The van der Waals surface area contributed by atoms with Crippen LogP contribution in [0.25, 0.3) is 9.53 Å². The van der Waals surface area contributed by atoms with E-state index in [-0.39, 0.29) is 0 Å². The maximum Gasteiger partial charge on any atom is 0.134 e. The van der Waals surface area contributed by atoms with Crippen LogP contribution in [0, 0.1) is 0 Å². The molecule has 0 fully saturated rings. The zero-order valence-electron chi connectivity index (χ0n) is 6.46. The van der Waals surface area contributed by atoms with Crippen LogP contribution in [0.4, 0.5) is 0 Å². The Kier molecular flexibility index (Phi) is 1.47. The lowest BCUT2D eigenvalue weighted by atomic mass is 10.1. The summed E-state index contributed by atoms with van der Waals surface area (Å²) in [4.78, 5) is 7.11. The number of hydrogen-bond acceptors (Lipinski definition) is 4. The van der Waals surface area contributed by atoms with Gasteiger partial charge in [-0.2, -0.15) is 0 Å². The van der Waals surface area contributed by atoms with Gasteiger partial charge in [-0.3, -0.25) is 0 Å². The third kappa shape index (κ3) is 0.856. The summed E-state index contributed by atoms with van der Waals surface area (Å²) in [5.74, 6) is 0. The highest BCUT2D eigenvalue weighted by Gasteiger charge is 2.16. The van der Waals surface area contributed by atoms with E-state index in [1.54, 1.807) is 16.2 Å². The number of thiophene rings is 1. The number of thiazole rings is 1. The zero-order valence-corrected chi connectivity index (χ0v) is 8.10. The van der Waals surface area contributed by atoms with Gasteiger partial charge in [0.15, 0.2) is 0 Å². The SMILES string of the molecule is c1nc2sc3c(c2s1)CNCC3. The molecule has 1 aliphatic heterocycles. The normalized spacial score (nSPS) is 16.7. The minimum Gasteiger partial charge on any atom is -0.312 e. The molecule has 0 amide bonds. The van der Waals surface area contributed by atoms with E-state index >= 15 is 0 Å². The average Bonchev–Trinajstić information content (AvgIpc) is 2.62. The molecule has 0 saturated heterocycles. The molecule has 2 nitrogen and oxygen atoms in total.